The summed E-state index contributed by atoms with van der Waals surface area (Å²) in [5, 5.41) is 5.52. The molecule has 2 amide bonds. The summed E-state index contributed by atoms with van der Waals surface area (Å²) in [6.07, 6.45) is 4.97. The van der Waals surface area contributed by atoms with Gasteiger partial charge in [0.2, 0.25) is 0 Å². The fourth-order valence-electron chi connectivity index (χ4n) is 2.80. The number of hydrogen-bond donors (Lipinski definition) is 2. The van der Waals surface area contributed by atoms with Gasteiger partial charge in [-0.15, -0.1) is 0 Å². The summed E-state index contributed by atoms with van der Waals surface area (Å²) < 4.78 is 10.8. The van der Waals surface area contributed by atoms with Crippen molar-refractivity contribution in [3.63, 3.8) is 0 Å². The maximum Gasteiger partial charge on any atom is 0.268 e. The average molecular weight is 354 g/mol. The molecule has 3 rings (SSSR count). The summed E-state index contributed by atoms with van der Waals surface area (Å²) >= 11 is 0. The van der Waals surface area contributed by atoms with Crippen molar-refractivity contribution in [3.8, 4) is 0 Å². The van der Waals surface area contributed by atoms with Crippen LogP contribution in [0.1, 0.15) is 34.5 Å². The minimum atomic E-state index is -0.376. The maximum atomic E-state index is 12.6. The van der Waals surface area contributed by atoms with E-state index < -0.39 is 0 Å². The largest absolute Gasteiger partial charge is 0.465 e. The lowest BCUT2D eigenvalue weighted by molar-refractivity contribution is -0.118. The average Bonchev–Trinajstić information content (AvgIpc) is 3.33. The molecule has 1 fully saturated rings. The number of hydrogen-bond acceptors (Lipinski definition) is 4. The van der Waals surface area contributed by atoms with Crippen LogP contribution >= 0.6 is 0 Å². The van der Waals surface area contributed by atoms with E-state index in [1.54, 1.807) is 24.3 Å². The zero-order chi connectivity index (χ0) is 18.4. The van der Waals surface area contributed by atoms with Crippen LogP contribution in [0.15, 0.2) is 52.8 Å². The van der Waals surface area contributed by atoms with Gasteiger partial charge in [0.05, 0.1) is 12.4 Å². The number of benzene rings is 1. The van der Waals surface area contributed by atoms with Gasteiger partial charge >= 0.3 is 0 Å². The Hall–Kier alpha value is -2.86. The molecule has 1 aromatic heterocycles. The molecular weight excluding hydrogens is 332 g/mol. The van der Waals surface area contributed by atoms with Crippen molar-refractivity contribution < 1.29 is 18.7 Å². The Morgan fingerprint density at radius 3 is 2.77 bits per heavy atom. The molecular formula is C20H22N2O4. The fraction of sp³-hybridized carbons (Fsp3) is 0.300. The van der Waals surface area contributed by atoms with Gasteiger partial charge in [0.25, 0.3) is 11.8 Å². The third-order valence-electron chi connectivity index (χ3n) is 4.23. The summed E-state index contributed by atoms with van der Waals surface area (Å²) in [6, 6.07) is 10.7. The van der Waals surface area contributed by atoms with Crippen molar-refractivity contribution in [2.24, 2.45) is 0 Å². The number of nitrogens with one attached hydrogen (secondary N) is 2. The highest BCUT2D eigenvalue weighted by molar-refractivity contribution is 6.05. The van der Waals surface area contributed by atoms with E-state index in [0.29, 0.717) is 17.9 Å². The Kier molecular flexibility index (Phi) is 5.86. The molecule has 1 aliphatic heterocycles. The minimum absolute atomic E-state index is 0.0240. The standard InChI is InChI=1S/C20H22N2O4/c1-14-6-2-3-9-17(14)19(23)22-18(12-15-7-4-10-25-15)20(24)21-13-16-8-5-11-26-16/h2-4,6-7,9-10,12,16H,5,8,11,13H2,1H3,(H,21,24)(H,22,23)/b18-12-. The van der Waals surface area contributed by atoms with Gasteiger partial charge in [0.15, 0.2) is 0 Å². The molecule has 1 unspecified atom stereocenters. The van der Waals surface area contributed by atoms with Crippen LogP contribution < -0.4 is 10.6 Å². The quantitative estimate of drug-likeness (QED) is 0.782. The molecule has 6 nitrogen and oxygen atoms in total. The Balaban J connectivity index is 1.74. The van der Waals surface area contributed by atoms with Crippen LogP contribution in [0.5, 0.6) is 0 Å². The maximum absolute atomic E-state index is 12.6. The van der Waals surface area contributed by atoms with E-state index >= 15 is 0 Å². The molecule has 2 heterocycles. The second kappa shape index (κ2) is 8.49. The first kappa shape index (κ1) is 17.9. The molecule has 1 saturated heterocycles. The van der Waals surface area contributed by atoms with Gasteiger partial charge in [-0.3, -0.25) is 9.59 Å². The van der Waals surface area contributed by atoms with Gasteiger partial charge in [0.1, 0.15) is 11.5 Å². The van der Waals surface area contributed by atoms with E-state index in [1.165, 1.54) is 12.3 Å². The zero-order valence-electron chi connectivity index (χ0n) is 14.7. The predicted octanol–water partition coefficient (Wildman–Crippen LogP) is 2.65. The van der Waals surface area contributed by atoms with Crippen molar-refractivity contribution >= 4 is 17.9 Å². The molecule has 0 saturated carbocycles. The summed E-state index contributed by atoms with van der Waals surface area (Å²) in [7, 11) is 0. The smallest absolute Gasteiger partial charge is 0.268 e. The summed E-state index contributed by atoms with van der Waals surface area (Å²) in [4.78, 5) is 25.2. The minimum Gasteiger partial charge on any atom is -0.465 e. The third-order valence-corrected chi connectivity index (χ3v) is 4.23. The molecule has 0 bridgehead atoms. The van der Waals surface area contributed by atoms with Crippen LogP contribution in [0.3, 0.4) is 0 Å². The van der Waals surface area contributed by atoms with E-state index in [-0.39, 0.29) is 23.6 Å². The van der Waals surface area contributed by atoms with Crippen LogP contribution in [-0.4, -0.2) is 31.1 Å². The molecule has 26 heavy (non-hydrogen) atoms. The first-order valence-electron chi connectivity index (χ1n) is 8.65. The number of carbonyl (C=O) groups is 2. The Morgan fingerprint density at radius 1 is 1.23 bits per heavy atom. The monoisotopic (exact) mass is 354 g/mol. The number of amides is 2. The summed E-state index contributed by atoms with van der Waals surface area (Å²) in [5.41, 5.74) is 1.48. The SMILES string of the molecule is Cc1ccccc1C(=O)N/C(=C\c1ccco1)C(=O)NCC1CCCO1. The number of rotatable bonds is 6. The Labute approximate surface area is 152 Å². The predicted molar refractivity (Wildman–Crippen MR) is 97.3 cm³/mol. The van der Waals surface area contributed by atoms with E-state index in [4.69, 9.17) is 9.15 Å². The van der Waals surface area contributed by atoms with Crippen molar-refractivity contribution in [1.29, 1.82) is 0 Å². The Bertz CT molecular complexity index is 790. The van der Waals surface area contributed by atoms with Gasteiger partial charge in [-0.25, -0.2) is 0 Å². The first-order chi connectivity index (χ1) is 12.6. The molecule has 136 valence electrons. The van der Waals surface area contributed by atoms with Gasteiger partial charge in [-0.05, 0) is 43.5 Å². The molecule has 1 aromatic carbocycles. The van der Waals surface area contributed by atoms with Crippen molar-refractivity contribution in [3.05, 3.63) is 65.2 Å². The second-order valence-electron chi connectivity index (χ2n) is 6.19. The number of furan rings is 1. The van der Waals surface area contributed by atoms with Gasteiger partial charge < -0.3 is 19.8 Å². The van der Waals surface area contributed by atoms with E-state index in [2.05, 4.69) is 10.6 Å². The van der Waals surface area contributed by atoms with E-state index in [9.17, 15) is 9.59 Å². The van der Waals surface area contributed by atoms with E-state index in [1.807, 2.05) is 19.1 Å². The van der Waals surface area contributed by atoms with Crippen LogP contribution in [0, 0.1) is 6.92 Å². The lowest BCUT2D eigenvalue weighted by Crippen LogP contribution is -2.38. The van der Waals surface area contributed by atoms with Gasteiger partial charge in [0, 0.05) is 24.8 Å². The number of carbonyl (C=O) groups excluding carboxylic acids is 2. The molecule has 2 N–H and O–H groups in total. The van der Waals surface area contributed by atoms with Crippen molar-refractivity contribution in [2.45, 2.75) is 25.9 Å². The molecule has 2 aromatic rings. The second-order valence-corrected chi connectivity index (χ2v) is 6.19. The van der Waals surface area contributed by atoms with Crippen LogP contribution in [0.2, 0.25) is 0 Å². The zero-order valence-corrected chi connectivity index (χ0v) is 14.7. The fourth-order valence-corrected chi connectivity index (χ4v) is 2.80. The lowest BCUT2D eigenvalue weighted by Gasteiger charge is -2.14. The summed E-state index contributed by atoms with van der Waals surface area (Å²) in [5.74, 6) is -0.232. The summed E-state index contributed by atoms with van der Waals surface area (Å²) in [6.45, 7) is 2.98. The first-order valence-corrected chi connectivity index (χ1v) is 8.65. The molecule has 0 radical (unpaired) electrons. The molecule has 0 aliphatic carbocycles. The Morgan fingerprint density at radius 2 is 2.08 bits per heavy atom. The highest BCUT2D eigenvalue weighted by Gasteiger charge is 2.20. The van der Waals surface area contributed by atoms with E-state index in [0.717, 1.165) is 25.0 Å². The van der Waals surface area contributed by atoms with Crippen LogP contribution in [0.25, 0.3) is 6.08 Å². The third kappa shape index (κ3) is 4.61. The molecule has 1 atom stereocenters. The molecule has 0 spiro atoms. The van der Waals surface area contributed by atoms with Crippen LogP contribution in [-0.2, 0) is 9.53 Å². The highest BCUT2D eigenvalue weighted by atomic mass is 16.5. The number of aryl methyl sites for hydroxylation is 1. The molecule has 6 heteroatoms. The highest BCUT2D eigenvalue weighted by Crippen LogP contribution is 2.12. The van der Waals surface area contributed by atoms with Gasteiger partial charge in [-0.2, -0.15) is 0 Å². The van der Waals surface area contributed by atoms with Crippen molar-refractivity contribution in [2.75, 3.05) is 13.2 Å². The molecule has 1 aliphatic rings. The lowest BCUT2D eigenvalue weighted by atomic mass is 10.1. The normalized spacial score (nSPS) is 17.1. The van der Waals surface area contributed by atoms with Crippen molar-refractivity contribution in [1.82, 2.24) is 10.6 Å². The van der Waals surface area contributed by atoms with Crippen LogP contribution in [0.4, 0.5) is 0 Å². The topological polar surface area (TPSA) is 80.6 Å². The van der Waals surface area contributed by atoms with Gasteiger partial charge in [-0.1, -0.05) is 18.2 Å². The number of ether oxygens (including phenoxy) is 1.